The van der Waals surface area contributed by atoms with Crippen LogP contribution in [0.5, 0.6) is 0 Å². The minimum Gasteiger partial charge on any atom is -0.480 e. The molecule has 0 saturated carbocycles. The number of thioether (sulfide) groups is 1. The maximum Gasteiger partial charge on any atom is 0.322 e. The lowest BCUT2D eigenvalue weighted by atomic mass is 10.1. The number of hydrogen-bond acceptors (Lipinski definition) is 8. The smallest absolute Gasteiger partial charge is 0.322 e. The highest BCUT2D eigenvalue weighted by molar-refractivity contribution is 7.99. The molecule has 1 saturated heterocycles. The molecule has 3 aliphatic heterocycles. The number of carbonyl (C=O) groups excluding carboxylic acids is 2. The van der Waals surface area contributed by atoms with Crippen molar-refractivity contribution < 1.29 is 19.5 Å². The molecular weight excluding hydrogens is 370 g/mol. The lowest BCUT2D eigenvalue weighted by Crippen LogP contribution is -2.49. The van der Waals surface area contributed by atoms with Crippen molar-refractivity contribution in [1.82, 2.24) is 26.0 Å². The van der Waals surface area contributed by atoms with Gasteiger partial charge in [0.15, 0.2) is 0 Å². The van der Waals surface area contributed by atoms with Crippen LogP contribution in [0.3, 0.4) is 0 Å². The number of carboxylic acids is 1. The Labute approximate surface area is 162 Å². The van der Waals surface area contributed by atoms with E-state index in [0.717, 1.165) is 30.9 Å². The van der Waals surface area contributed by atoms with Gasteiger partial charge >= 0.3 is 5.97 Å². The lowest BCUT2D eigenvalue weighted by Gasteiger charge is -2.37. The second kappa shape index (κ2) is 9.43. The molecule has 0 aromatic heterocycles. The molecule has 150 valence electrons. The number of aliphatic carboxylic acids is 1. The third-order valence-corrected chi connectivity index (χ3v) is 6.62. The molecule has 0 bridgehead atoms. The molecule has 3 aliphatic rings. The Morgan fingerprint density at radius 3 is 2.96 bits per heavy atom. The van der Waals surface area contributed by atoms with Crippen molar-refractivity contribution in [2.75, 3.05) is 25.5 Å². The van der Waals surface area contributed by atoms with Crippen LogP contribution in [0.2, 0.25) is 0 Å². The average molecular weight is 398 g/mol. The van der Waals surface area contributed by atoms with Gasteiger partial charge in [0.25, 0.3) is 0 Å². The van der Waals surface area contributed by atoms with Crippen LogP contribution in [-0.2, 0) is 14.4 Å². The first-order valence-corrected chi connectivity index (χ1v) is 10.4. The number of hydrogen-bond donors (Lipinski definition) is 4. The molecule has 1 unspecified atom stereocenters. The Morgan fingerprint density at radius 1 is 1.41 bits per heavy atom. The molecule has 2 amide bonds. The Kier molecular flexibility index (Phi) is 6.97. The molecule has 3 rings (SSSR count). The van der Waals surface area contributed by atoms with Crippen LogP contribution in [0.25, 0.3) is 0 Å². The second-order valence-corrected chi connectivity index (χ2v) is 8.26. The summed E-state index contributed by atoms with van der Waals surface area (Å²) >= 11 is 2.04. The molecule has 2 atom stereocenters. The highest BCUT2D eigenvalue weighted by Crippen LogP contribution is 2.32. The van der Waals surface area contributed by atoms with Crippen LogP contribution >= 0.6 is 11.8 Å². The third-order valence-electron chi connectivity index (χ3n) is 5.17. The fourth-order valence-electron chi connectivity index (χ4n) is 3.73. The number of carbonyl (C=O) groups is 3. The Bertz CT molecular complexity index is 608. The summed E-state index contributed by atoms with van der Waals surface area (Å²) in [5.41, 5.74) is 5.29. The van der Waals surface area contributed by atoms with Gasteiger partial charge in [-0.05, 0) is 25.0 Å². The molecule has 0 spiro atoms. The van der Waals surface area contributed by atoms with Crippen LogP contribution in [0.1, 0.15) is 38.5 Å². The molecule has 0 aromatic rings. The summed E-state index contributed by atoms with van der Waals surface area (Å²) in [5.74, 6) is -0.263. The molecule has 0 aliphatic carbocycles. The van der Waals surface area contributed by atoms with E-state index in [0.29, 0.717) is 18.5 Å². The second-order valence-electron chi connectivity index (χ2n) is 6.97. The van der Waals surface area contributed by atoms with Crippen LogP contribution in [0, 0.1) is 0 Å². The molecule has 9 nitrogen and oxygen atoms in total. The Hall–Kier alpha value is -1.78. The van der Waals surface area contributed by atoms with E-state index in [4.69, 9.17) is 0 Å². The quantitative estimate of drug-likeness (QED) is 0.421. The Balaban J connectivity index is 1.56. The minimum absolute atomic E-state index is 0.0252. The van der Waals surface area contributed by atoms with Crippen molar-refractivity contribution in [2.24, 2.45) is 0 Å². The van der Waals surface area contributed by atoms with Crippen molar-refractivity contribution in [3.05, 3.63) is 11.4 Å². The van der Waals surface area contributed by atoms with E-state index in [9.17, 15) is 19.5 Å². The first-order valence-electron chi connectivity index (χ1n) is 9.39. The number of carboxylic acid groups (broad SMARTS) is 1. The number of amides is 2. The molecule has 0 aromatic carbocycles. The maximum absolute atomic E-state index is 11.5. The third kappa shape index (κ3) is 5.14. The van der Waals surface area contributed by atoms with Gasteiger partial charge in [0, 0.05) is 31.6 Å². The van der Waals surface area contributed by atoms with Gasteiger partial charge in [0.2, 0.25) is 12.3 Å². The largest absolute Gasteiger partial charge is 0.480 e. The number of imide groups is 1. The topological polar surface area (TPSA) is 114 Å². The Morgan fingerprint density at radius 2 is 2.26 bits per heavy atom. The van der Waals surface area contributed by atoms with E-state index in [-0.39, 0.29) is 12.8 Å². The molecule has 10 heteroatoms. The SMILES string of the molecule is O=CNC(=O)CC[C@H](NN1CNC2=C1CCN(C1CCCCS1)C2)C(=O)O. The molecule has 0 radical (unpaired) electrons. The number of nitrogens with one attached hydrogen (secondary N) is 3. The standard InChI is InChI=1S/C17H27N5O4S/c23-11-19-15(24)5-4-12(17(25)26)20-22-10-18-13-9-21(7-6-14(13)22)16-3-1-2-8-27-16/h11-12,16,18,20H,1-10H2,(H,25,26)(H,19,23,24)/t12-,16?/m0/s1. The van der Waals surface area contributed by atoms with Gasteiger partial charge in [-0.2, -0.15) is 0 Å². The van der Waals surface area contributed by atoms with Gasteiger partial charge in [-0.25, -0.2) is 5.43 Å². The predicted molar refractivity (Wildman–Crippen MR) is 101 cm³/mol. The van der Waals surface area contributed by atoms with Crippen molar-refractivity contribution in [3.8, 4) is 0 Å². The monoisotopic (exact) mass is 397 g/mol. The van der Waals surface area contributed by atoms with Gasteiger partial charge in [-0.1, -0.05) is 6.42 Å². The number of nitrogens with zero attached hydrogens (tertiary/aromatic N) is 2. The zero-order valence-corrected chi connectivity index (χ0v) is 16.1. The zero-order valence-electron chi connectivity index (χ0n) is 15.3. The van der Waals surface area contributed by atoms with Crippen molar-refractivity contribution in [2.45, 2.75) is 49.9 Å². The fourth-order valence-corrected chi connectivity index (χ4v) is 5.09. The van der Waals surface area contributed by atoms with E-state index in [2.05, 4.69) is 15.6 Å². The summed E-state index contributed by atoms with van der Waals surface area (Å²) in [4.78, 5) is 35.7. The first-order chi connectivity index (χ1) is 13.1. The fraction of sp³-hybridized carbons (Fsp3) is 0.706. The van der Waals surface area contributed by atoms with Crippen LogP contribution in [0.4, 0.5) is 0 Å². The van der Waals surface area contributed by atoms with E-state index in [1.807, 2.05) is 22.1 Å². The lowest BCUT2D eigenvalue weighted by molar-refractivity contribution is -0.141. The highest BCUT2D eigenvalue weighted by atomic mass is 32.2. The van der Waals surface area contributed by atoms with E-state index < -0.39 is 17.9 Å². The van der Waals surface area contributed by atoms with Crippen LogP contribution in [0.15, 0.2) is 11.4 Å². The number of hydrazine groups is 1. The van der Waals surface area contributed by atoms with E-state index in [1.54, 1.807) is 0 Å². The average Bonchev–Trinajstić information content (AvgIpc) is 3.08. The zero-order chi connectivity index (χ0) is 19.2. The van der Waals surface area contributed by atoms with E-state index in [1.165, 1.54) is 25.0 Å². The summed E-state index contributed by atoms with van der Waals surface area (Å²) < 4.78 is 0. The van der Waals surface area contributed by atoms with Gasteiger partial charge in [0.05, 0.1) is 11.1 Å². The molecule has 1 fully saturated rings. The van der Waals surface area contributed by atoms with Gasteiger partial charge in [-0.3, -0.25) is 29.6 Å². The summed E-state index contributed by atoms with van der Waals surface area (Å²) in [6, 6.07) is -0.886. The van der Waals surface area contributed by atoms with Crippen LogP contribution in [-0.4, -0.2) is 70.2 Å². The summed E-state index contributed by atoms with van der Waals surface area (Å²) in [6.07, 6.45) is 5.09. The van der Waals surface area contributed by atoms with Crippen molar-refractivity contribution >= 4 is 30.0 Å². The number of rotatable bonds is 8. The summed E-state index contributed by atoms with van der Waals surface area (Å²) in [6.45, 7) is 2.35. The highest BCUT2D eigenvalue weighted by Gasteiger charge is 2.33. The van der Waals surface area contributed by atoms with E-state index >= 15 is 0 Å². The van der Waals surface area contributed by atoms with Crippen molar-refractivity contribution in [3.63, 3.8) is 0 Å². The normalized spacial score (nSPS) is 24.1. The first kappa shape index (κ1) is 20.0. The van der Waals surface area contributed by atoms with Gasteiger partial charge < -0.3 is 10.4 Å². The maximum atomic E-state index is 11.5. The predicted octanol–water partition coefficient (Wildman–Crippen LogP) is 0.0202. The summed E-state index contributed by atoms with van der Waals surface area (Å²) in [7, 11) is 0. The van der Waals surface area contributed by atoms with Gasteiger partial charge in [-0.15, -0.1) is 11.8 Å². The molecule has 3 heterocycles. The minimum atomic E-state index is -1.01. The van der Waals surface area contributed by atoms with Crippen molar-refractivity contribution in [1.29, 1.82) is 0 Å². The molecular formula is C17H27N5O4S. The molecule has 27 heavy (non-hydrogen) atoms. The van der Waals surface area contributed by atoms with Gasteiger partial charge in [0.1, 0.15) is 12.7 Å². The summed E-state index contributed by atoms with van der Waals surface area (Å²) in [5, 5.41) is 17.3. The van der Waals surface area contributed by atoms with Crippen LogP contribution < -0.4 is 16.1 Å². The molecule has 4 N–H and O–H groups in total.